The Morgan fingerprint density at radius 1 is 0.527 bits per heavy atom. The van der Waals surface area contributed by atoms with Crippen LogP contribution in [0.5, 0.6) is 6.01 Å². The number of rotatable bonds is 13. The second kappa shape index (κ2) is 19.6. The highest BCUT2D eigenvalue weighted by Gasteiger charge is 2.23. The van der Waals surface area contributed by atoms with Gasteiger partial charge < -0.3 is 14.5 Å². The molecule has 74 heavy (non-hydrogen) atoms. The van der Waals surface area contributed by atoms with Crippen LogP contribution < -0.4 is 14.5 Å². The molecule has 2 aliphatic rings. The van der Waals surface area contributed by atoms with E-state index in [0.29, 0.717) is 64.0 Å². The molecule has 2 fully saturated rings. The number of hydrogen-bond donors (Lipinski definition) is 0. The van der Waals surface area contributed by atoms with Gasteiger partial charge in [-0.05, 0) is 30.3 Å². The number of methoxy groups -OCH3 is 1. The molecule has 2 aliphatic heterocycles. The van der Waals surface area contributed by atoms with Gasteiger partial charge in [0.1, 0.15) is 51.8 Å². The molecule has 10 aromatic rings. The maximum atomic E-state index is 10.0. The lowest BCUT2D eigenvalue weighted by Crippen LogP contribution is -2.46. The molecule has 0 bridgehead atoms. The third kappa shape index (κ3) is 9.15. The molecule has 366 valence electrons. The van der Waals surface area contributed by atoms with Crippen molar-refractivity contribution in [2.45, 2.75) is 19.6 Å². The van der Waals surface area contributed by atoms with Crippen LogP contribution in [0.25, 0.3) is 56.1 Å². The maximum absolute atomic E-state index is 10.0. The predicted molar refractivity (Wildman–Crippen MR) is 270 cm³/mol. The third-order valence-electron chi connectivity index (χ3n) is 13.3. The van der Waals surface area contributed by atoms with Crippen LogP contribution in [0.4, 0.5) is 11.6 Å². The maximum Gasteiger partial charge on any atom is 0.316 e. The van der Waals surface area contributed by atoms with E-state index in [2.05, 4.69) is 67.1 Å². The first-order valence-corrected chi connectivity index (χ1v) is 24.0. The van der Waals surface area contributed by atoms with Crippen molar-refractivity contribution in [1.82, 2.24) is 88.5 Å². The zero-order chi connectivity index (χ0) is 50.1. The summed E-state index contributed by atoms with van der Waals surface area (Å²) in [6.45, 7) is 8.38. The van der Waals surface area contributed by atoms with Crippen LogP contribution >= 0.6 is 0 Å². The van der Waals surface area contributed by atoms with E-state index in [1.54, 1.807) is 51.8 Å². The van der Waals surface area contributed by atoms with Gasteiger partial charge in [-0.25, -0.2) is 48.9 Å². The minimum Gasteiger partial charge on any atom is -0.467 e. The molecule has 0 radical (unpaired) electrons. The number of anilines is 2. The summed E-state index contributed by atoms with van der Waals surface area (Å²) >= 11 is 0. The van der Waals surface area contributed by atoms with Crippen molar-refractivity contribution in [3.8, 4) is 63.2 Å². The van der Waals surface area contributed by atoms with Crippen molar-refractivity contribution < 1.29 is 4.74 Å². The largest absolute Gasteiger partial charge is 0.467 e. The first kappa shape index (κ1) is 45.6. The number of fused-ring (bicyclic) bond motifs is 2. The van der Waals surface area contributed by atoms with Crippen LogP contribution in [-0.2, 0) is 26.7 Å². The zero-order valence-electron chi connectivity index (χ0n) is 40.4. The summed E-state index contributed by atoms with van der Waals surface area (Å²) in [6.07, 6.45) is 23.2. The van der Waals surface area contributed by atoms with Crippen LogP contribution in [0.2, 0.25) is 0 Å². The zero-order valence-corrected chi connectivity index (χ0v) is 40.4. The number of hydrogen-bond acceptors (Lipinski definition) is 19. The minimum atomic E-state index is 0.364. The number of pyridine rings is 2. The van der Waals surface area contributed by atoms with Crippen LogP contribution in [0, 0.1) is 22.7 Å². The van der Waals surface area contributed by atoms with Crippen molar-refractivity contribution >= 4 is 22.7 Å². The number of nitrogens with zero attached hydrogens (tertiary/aromatic N) is 22. The standard InChI is InChI=1S/C51H46N22O/c1-66-28-39(25-59-66)42-31-72-49(37(17-52)23-61-72)47(64-42)35-3-6-46(56-21-35)70-15-11-68(12-16-70)33-44-54-8-7-41(63-44)30-71-29-40(26-60-71)43-32-73-50(38(18-53)24-62-73)48(65-43)36-4-5-45(55-22-36)69-13-9-67(10-14-69)27-34-19-57-51(74-2)58-20-34/h3-8,19-26,28-29,31-32H,9-16,27,30,33H2,1-2H3. The molecule has 0 atom stereocenters. The highest BCUT2D eigenvalue weighted by atomic mass is 16.5. The molecule has 0 aliphatic carbocycles. The molecule has 10 aromatic heterocycles. The fourth-order valence-corrected chi connectivity index (χ4v) is 9.46. The summed E-state index contributed by atoms with van der Waals surface area (Å²) in [4.78, 5) is 47.1. The molecule has 23 heteroatoms. The molecule has 2 saturated heterocycles. The lowest BCUT2D eigenvalue weighted by Gasteiger charge is -2.35. The summed E-state index contributed by atoms with van der Waals surface area (Å²) in [7, 11) is 3.42. The summed E-state index contributed by atoms with van der Waals surface area (Å²) in [5.74, 6) is 2.48. The van der Waals surface area contributed by atoms with Crippen LogP contribution in [0.15, 0.2) is 111 Å². The van der Waals surface area contributed by atoms with Gasteiger partial charge in [0.15, 0.2) is 0 Å². The third-order valence-corrected chi connectivity index (χ3v) is 13.3. The van der Waals surface area contributed by atoms with Gasteiger partial charge >= 0.3 is 6.01 Å². The molecule has 12 heterocycles. The summed E-state index contributed by atoms with van der Waals surface area (Å²) < 4.78 is 12.1. The average Bonchev–Trinajstić information content (AvgIpc) is 4.29. The molecule has 0 N–H and O–H groups in total. The Morgan fingerprint density at radius 3 is 1.62 bits per heavy atom. The number of ether oxygens (including phenoxy) is 1. The first-order valence-electron chi connectivity index (χ1n) is 24.0. The van der Waals surface area contributed by atoms with E-state index in [9.17, 15) is 10.5 Å². The fraction of sp³-hybridized carbons (Fsp3) is 0.255. The van der Waals surface area contributed by atoms with Crippen LogP contribution in [-0.4, -0.2) is 148 Å². The van der Waals surface area contributed by atoms with Gasteiger partial charge in [-0.15, -0.1) is 0 Å². The normalized spacial score (nSPS) is 14.4. The highest BCUT2D eigenvalue weighted by Crippen LogP contribution is 2.32. The number of piperazine rings is 2. The van der Waals surface area contributed by atoms with Crippen LogP contribution in [0.1, 0.15) is 28.2 Å². The average molecular weight is 983 g/mol. The molecular formula is C51H46N22O. The van der Waals surface area contributed by atoms with Gasteiger partial charge in [0, 0.05) is 137 Å². The van der Waals surface area contributed by atoms with Gasteiger partial charge in [-0.2, -0.15) is 30.9 Å². The van der Waals surface area contributed by atoms with Crippen molar-refractivity contribution in [2.75, 3.05) is 69.3 Å². The number of aromatic nitrogens is 16. The van der Waals surface area contributed by atoms with Crippen molar-refractivity contribution in [2.24, 2.45) is 7.05 Å². The Morgan fingerprint density at radius 2 is 1.09 bits per heavy atom. The molecule has 23 nitrogen and oxygen atoms in total. The smallest absolute Gasteiger partial charge is 0.316 e. The Hall–Kier alpha value is -9.58. The van der Waals surface area contributed by atoms with Gasteiger partial charge in [-0.3, -0.25) is 19.2 Å². The van der Waals surface area contributed by atoms with Crippen molar-refractivity contribution in [3.05, 3.63) is 139 Å². The Labute approximate surface area is 423 Å². The first-order chi connectivity index (χ1) is 36.3. The summed E-state index contributed by atoms with van der Waals surface area (Å²) in [5.41, 5.74) is 9.76. The number of nitriles is 2. The monoisotopic (exact) mass is 982 g/mol. The predicted octanol–water partition coefficient (Wildman–Crippen LogP) is 4.18. The second-order valence-corrected chi connectivity index (χ2v) is 18.1. The van der Waals surface area contributed by atoms with Crippen LogP contribution in [0.3, 0.4) is 0 Å². The molecular weight excluding hydrogens is 937 g/mol. The molecule has 0 aromatic carbocycles. The van der Waals surface area contributed by atoms with E-state index in [1.165, 1.54) is 0 Å². The SMILES string of the molecule is COc1ncc(CN2CCN(c3ccc(-c4nc(-c5cnn(Cc6ccnc(CN7CCN(c8ccc(-c9nc(-c%10cnn(C)c%10)cn%10ncc(C#N)c9%10)cn8)CC7)n6)c5)cn5ncc(C#N)c45)cn3)CC2)cn1. The summed E-state index contributed by atoms with van der Waals surface area (Å²) in [6, 6.07) is 14.8. The van der Waals surface area contributed by atoms with E-state index in [0.717, 1.165) is 110 Å². The van der Waals surface area contributed by atoms with Gasteiger partial charge in [0.25, 0.3) is 0 Å². The number of aryl methyl sites for hydroxylation is 1. The Bertz CT molecular complexity index is 3720. The van der Waals surface area contributed by atoms with E-state index < -0.39 is 0 Å². The van der Waals surface area contributed by atoms with Gasteiger partial charge in [0.2, 0.25) is 0 Å². The highest BCUT2D eigenvalue weighted by molar-refractivity contribution is 5.84. The minimum absolute atomic E-state index is 0.364. The summed E-state index contributed by atoms with van der Waals surface area (Å²) in [5, 5.41) is 37.8. The van der Waals surface area contributed by atoms with E-state index in [1.807, 2.05) is 91.6 Å². The molecule has 12 rings (SSSR count). The quantitative estimate of drug-likeness (QED) is 0.157. The topological polar surface area (TPSA) is 243 Å². The molecule has 0 spiro atoms. The lowest BCUT2D eigenvalue weighted by atomic mass is 10.1. The van der Waals surface area contributed by atoms with E-state index >= 15 is 0 Å². The van der Waals surface area contributed by atoms with E-state index in [-0.39, 0.29) is 0 Å². The lowest BCUT2D eigenvalue weighted by molar-refractivity contribution is 0.243. The van der Waals surface area contributed by atoms with E-state index in [4.69, 9.17) is 29.7 Å². The Kier molecular flexibility index (Phi) is 12.0. The molecule has 0 unspecified atom stereocenters. The molecule has 0 amide bonds. The van der Waals surface area contributed by atoms with Gasteiger partial charge in [-0.1, -0.05) is 0 Å². The molecule has 0 saturated carbocycles. The Balaban J connectivity index is 0.681. The van der Waals surface area contributed by atoms with Crippen molar-refractivity contribution in [3.63, 3.8) is 0 Å². The fourth-order valence-electron chi connectivity index (χ4n) is 9.46. The van der Waals surface area contributed by atoms with Crippen molar-refractivity contribution in [1.29, 1.82) is 10.5 Å². The van der Waals surface area contributed by atoms with Gasteiger partial charge in [0.05, 0.1) is 85.9 Å². The second-order valence-electron chi connectivity index (χ2n) is 18.1.